The van der Waals surface area contributed by atoms with E-state index in [1.807, 2.05) is 0 Å². The van der Waals surface area contributed by atoms with Crippen LogP contribution in [0.4, 0.5) is 4.39 Å². The van der Waals surface area contributed by atoms with Crippen molar-refractivity contribution in [1.82, 2.24) is 4.98 Å². The molecule has 0 radical (unpaired) electrons. The molecule has 88 valence electrons. The summed E-state index contributed by atoms with van der Waals surface area (Å²) in [5, 5.41) is 8.83. The zero-order valence-electron chi connectivity index (χ0n) is 9.32. The van der Waals surface area contributed by atoms with Crippen molar-refractivity contribution < 1.29 is 18.7 Å². The minimum atomic E-state index is -1.19. The number of oxazole rings is 1. The van der Waals surface area contributed by atoms with Gasteiger partial charge in [0, 0.05) is 5.56 Å². The Morgan fingerprint density at radius 1 is 1.35 bits per heavy atom. The van der Waals surface area contributed by atoms with Crippen LogP contribution in [0.5, 0.6) is 0 Å². The second kappa shape index (κ2) is 4.01. The third kappa shape index (κ3) is 2.18. The highest BCUT2D eigenvalue weighted by Crippen LogP contribution is 2.23. The van der Waals surface area contributed by atoms with Crippen molar-refractivity contribution in [2.45, 2.75) is 13.8 Å². The van der Waals surface area contributed by atoms with Gasteiger partial charge in [0.15, 0.2) is 0 Å². The molecule has 0 saturated heterocycles. The first-order valence-electron chi connectivity index (χ1n) is 4.95. The largest absolute Gasteiger partial charge is 0.475 e. The van der Waals surface area contributed by atoms with E-state index in [4.69, 9.17) is 9.52 Å². The molecular weight excluding hydrogens is 225 g/mol. The summed E-state index contributed by atoms with van der Waals surface area (Å²) < 4.78 is 18.3. The summed E-state index contributed by atoms with van der Waals surface area (Å²) in [5.74, 6) is -1.70. The molecule has 5 heteroatoms. The maximum absolute atomic E-state index is 13.2. The number of carboxylic acids is 1. The van der Waals surface area contributed by atoms with Gasteiger partial charge in [-0.1, -0.05) is 0 Å². The molecule has 0 aliphatic heterocycles. The van der Waals surface area contributed by atoms with Gasteiger partial charge in [-0.05, 0) is 37.6 Å². The number of nitrogens with zero attached hydrogens (tertiary/aromatic N) is 1. The van der Waals surface area contributed by atoms with Gasteiger partial charge in [-0.3, -0.25) is 0 Å². The molecule has 0 atom stereocenters. The summed E-state index contributed by atoms with van der Waals surface area (Å²) in [6.45, 7) is 3.27. The van der Waals surface area contributed by atoms with E-state index < -0.39 is 11.8 Å². The summed E-state index contributed by atoms with van der Waals surface area (Å²) in [7, 11) is 0. The molecule has 1 N–H and O–H groups in total. The molecule has 0 fully saturated rings. The van der Waals surface area contributed by atoms with E-state index in [1.54, 1.807) is 13.0 Å². The molecule has 1 heterocycles. The molecule has 1 aromatic carbocycles. The number of rotatable bonds is 2. The first-order valence-corrected chi connectivity index (χ1v) is 4.95. The predicted octanol–water partition coefficient (Wildman–Crippen LogP) is 2.80. The fraction of sp³-hybridized carbons (Fsp3) is 0.167. The average molecular weight is 235 g/mol. The monoisotopic (exact) mass is 235 g/mol. The molecule has 0 aliphatic carbocycles. The predicted molar refractivity (Wildman–Crippen MR) is 58.3 cm³/mol. The molecular formula is C12H10FNO3. The van der Waals surface area contributed by atoms with Crippen molar-refractivity contribution in [2.24, 2.45) is 0 Å². The molecule has 0 bridgehead atoms. The highest BCUT2D eigenvalue weighted by Gasteiger charge is 2.17. The lowest BCUT2D eigenvalue weighted by Crippen LogP contribution is -1.95. The van der Waals surface area contributed by atoms with Crippen LogP contribution in [0.3, 0.4) is 0 Å². The Balaban J connectivity index is 2.53. The number of hydrogen-bond donors (Lipinski definition) is 1. The SMILES string of the molecule is Cc1cc(F)cc(-c2nc(C)c(C(=O)O)o2)c1. The van der Waals surface area contributed by atoms with Crippen molar-refractivity contribution in [3.63, 3.8) is 0 Å². The fourth-order valence-corrected chi connectivity index (χ4v) is 1.58. The molecule has 0 unspecified atom stereocenters. The first-order chi connectivity index (χ1) is 7.97. The van der Waals surface area contributed by atoms with E-state index in [9.17, 15) is 9.18 Å². The Labute approximate surface area is 96.7 Å². The molecule has 4 nitrogen and oxygen atoms in total. The van der Waals surface area contributed by atoms with Crippen LogP contribution in [-0.2, 0) is 0 Å². The van der Waals surface area contributed by atoms with Crippen LogP contribution in [0.15, 0.2) is 22.6 Å². The van der Waals surface area contributed by atoms with Crippen LogP contribution in [0.1, 0.15) is 21.8 Å². The number of aromatic nitrogens is 1. The molecule has 0 amide bonds. The van der Waals surface area contributed by atoms with E-state index in [0.717, 1.165) is 0 Å². The third-order valence-electron chi connectivity index (χ3n) is 2.28. The normalized spacial score (nSPS) is 10.5. The van der Waals surface area contributed by atoms with Gasteiger partial charge in [0.1, 0.15) is 5.82 Å². The van der Waals surface area contributed by atoms with Crippen LogP contribution in [0.2, 0.25) is 0 Å². The maximum Gasteiger partial charge on any atom is 0.373 e. The van der Waals surface area contributed by atoms with E-state index in [0.29, 0.717) is 11.1 Å². The highest BCUT2D eigenvalue weighted by atomic mass is 19.1. The fourth-order valence-electron chi connectivity index (χ4n) is 1.58. The minimum absolute atomic E-state index is 0.113. The van der Waals surface area contributed by atoms with Crippen molar-refractivity contribution in [2.75, 3.05) is 0 Å². The number of carboxylic acid groups (broad SMARTS) is 1. The summed E-state index contributed by atoms with van der Waals surface area (Å²) in [6.07, 6.45) is 0. The highest BCUT2D eigenvalue weighted by molar-refractivity contribution is 5.86. The topological polar surface area (TPSA) is 63.3 Å². The molecule has 2 rings (SSSR count). The van der Waals surface area contributed by atoms with Gasteiger partial charge in [-0.25, -0.2) is 14.2 Å². The number of carbonyl (C=O) groups is 1. The quantitative estimate of drug-likeness (QED) is 0.869. The third-order valence-corrected chi connectivity index (χ3v) is 2.28. The second-order valence-corrected chi connectivity index (χ2v) is 3.76. The zero-order valence-corrected chi connectivity index (χ0v) is 9.32. The Morgan fingerprint density at radius 3 is 2.59 bits per heavy atom. The summed E-state index contributed by atoms with van der Waals surface area (Å²) in [5.41, 5.74) is 1.42. The van der Waals surface area contributed by atoms with E-state index in [2.05, 4.69) is 4.98 Å². The lowest BCUT2D eigenvalue weighted by Gasteiger charge is -1.98. The summed E-state index contributed by atoms with van der Waals surface area (Å²) in [6, 6.07) is 4.31. The Kier molecular flexibility index (Phi) is 2.67. The van der Waals surface area contributed by atoms with Gasteiger partial charge in [-0.2, -0.15) is 0 Å². The van der Waals surface area contributed by atoms with Crippen molar-refractivity contribution in [3.05, 3.63) is 41.0 Å². The van der Waals surface area contributed by atoms with Crippen molar-refractivity contribution >= 4 is 5.97 Å². The van der Waals surface area contributed by atoms with Crippen LogP contribution in [-0.4, -0.2) is 16.1 Å². The van der Waals surface area contributed by atoms with Crippen LogP contribution in [0.25, 0.3) is 11.5 Å². The Morgan fingerprint density at radius 2 is 2.06 bits per heavy atom. The standard InChI is InChI=1S/C12H10FNO3/c1-6-3-8(5-9(13)4-6)11-14-7(2)10(17-11)12(15)16/h3-5H,1-2H3,(H,15,16). The molecule has 17 heavy (non-hydrogen) atoms. The minimum Gasteiger partial charge on any atom is -0.475 e. The number of aromatic carboxylic acids is 1. The van der Waals surface area contributed by atoms with E-state index in [1.165, 1.54) is 19.1 Å². The van der Waals surface area contributed by atoms with Crippen LogP contribution in [0, 0.1) is 19.7 Å². The van der Waals surface area contributed by atoms with E-state index in [-0.39, 0.29) is 17.3 Å². The lowest BCUT2D eigenvalue weighted by atomic mass is 10.1. The van der Waals surface area contributed by atoms with Gasteiger partial charge in [0.2, 0.25) is 11.7 Å². The molecule has 1 aromatic heterocycles. The number of halogens is 1. The van der Waals surface area contributed by atoms with Crippen molar-refractivity contribution in [3.8, 4) is 11.5 Å². The molecule has 2 aromatic rings. The molecule has 0 aliphatic rings. The first kappa shape index (κ1) is 11.3. The zero-order chi connectivity index (χ0) is 12.6. The van der Waals surface area contributed by atoms with Crippen LogP contribution < -0.4 is 0 Å². The number of hydrogen-bond acceptors (Lipinski definition) is 3. The molecule has 0 saturated carbocycles. The van der Waals surface area contributed by atoms with Gasteiger partial charge in [-0.15, -0.1) is 0 Å². The molecule has 0 spiro atoms. The maximum atomic E-state index is 13.2. The summed E-state index contributed by atoms with van der Waals surface area (Å²) in [4.78, 5) is 14.8. The van der Waals surface area contributed by atoms with E-state index >= 15 is 0 Å². The van der Waals surface area contributed by atoms with Gasteiger partial charge >= 0.3 is 5.97 Å². The second-order valence-electron chi connectivity index (χ2n) is 3.76. The Bertz CT molecular complexity index is 569. The average Bonchev–Trinajstić information content (AvgIpc) is 2.59. The number of aryl methyl sites for hydroxylation is 2. The lowest BCUT2D eigenvalue weighted by molar-refractivity contribution is 0.0662. The number of benzene rings is 1. The van der Waals surface area contributed by atoms with Crippen molar-refractivity contribution in [1.29, 1.82) is 0 Å². The van der Waals surface area contributed by atoms with Gasteiger partial charge < -0.3 is 9.52 Å². The van der Waals surface area contributed by atoms with Gasteiger partial charge in [0.25, 0.3) is 0 Å². The Hall–Kier alpha value is -2.17. The van der Waals surface area contributed by atoms with Crippen LogP contribution >= 0.6 is 0 Å². The summed E-state index contributed by atoms with van der Waals surface area (Å²) >= 11 is 0. The van der Waals surface area contributed by atoms with Gasteiger partial charge in [0.05, 0.1) is 5.69 Å². The smallest absolute Gasteiger partial charge is 0.373 e.